The van der Waals surface area contributed by atoms with Gasteiger partial charge in [0.1, 0.15) is 17.6 Å². The predicted molar refractivity (Wildman–Crippen MR) is 140 cm³/mol. The lowest BCUT2D eigenvalue weighted by Gasteiger charge is -2.34. The highest BCUT2D eigenvalue weighted by atomic mass is 16.5. The van der Waals surface area contributed by atoms with Crippen molar-refractivity contribution in [1.82, 2.24) is 9.88 Å². The van der Waals surface area contributed by atoms with Gasteiger partial charge in [0.25, 0.3) is 0 Å². The van der Waals surface area contributed by atoms with Crippen LogP contribution in [0.1, 0.15) is 62.1 Å². The van der Waals surface area contributed by atoms with Crippen LogP contribution in [0.4, 0.5) is 0 Å². The van der Waals surface area contributed by atoms with Gasteiger partial charge in [-0.2, -0.15) is 0 Å². The third-order valence-electron chi connectivity index (χ3n) is 6.11. The average Bonchev–Trinajstić information content (AvgIpc) is 3.19. The molecule has 1 N–H and O–H groups in total. The second-order valence-electron chi connectivity index (χ2n) is 9.37. The second-order valence-corrected chi connectivity index (χ2v) is 9.37. The molecule has 3 rings (SSSR count). The van der Waals surface area contributed by atoms with Crippen molar-refractivity contribution in [3.05, 3.63) is 77.1 Å². The molecule has 7 heteroatoms. The Morgan fingerprint density at radius 2 is 2.08 bits per heavy atom. The summed E-state index contributed by atoms with van der Waals surface area (Å²) in [5.74, 6) is 1.40. The molecule has 36 heavy (non-hydrogen) atoms. The molecule has 1 aliphatic heterocycles. The van der Waals surface area contributed by atoms with Crippen LogP contribution in [-0.2, 0) is 29.0 Å². The first-order valence-corrected chi connectivity index (χ1v) is 12.5. The van der Waals surface area contributed by atoms with Gasteiger partial charge in [0, 0.05) is 25.5 Å². The lowest BCUT2D eigenvalue weighted by atomic mass is 9.93. The van der Waals surface area contributed by atoms with E-state index in [0.717, 1.165) is 35.4 Å². The number of ether oxygens (including phenoxy) is 1. The Hall–Kier alpha value is -3.61. The minimum absolute atomic E-state index is 0.220. The number of nitrogens with zero attached hydrogens (tertiary/aromatic N) is 2. The standard InChI is InChI=1S/C29H36N2O5/c1-5-6-7-12-28(32)31-19-23-17-24(14-13-22(23)18-26(31)29(33)34)35-16-15-25-21(4)36-27(30-25)11-9-8-10-20(2)3/h5-7,9,11-14,17,20,26H,8,10,15-16,18-19H2,1-4H3,(H,33,34)/t26-/m0/s1. The Labute approximate surface area is 213 Å². The van der Waals surface area contributed by atoms with Crippen LogP contribution in [0.25, 0.3) is 6.08 Å². The van der Waals surface area contributed by atoms with Crippen molar-refractivity contribution in [3.63, 3.8) is 0 Å². The van der Waals surface area contributed by atoms with Gasteiger partial charge in [-0.1, -0.05) is 44.2 Å². The largest absolute Gasteiger partial charge is 0.493 e. The molecule has 1 amide bonds. The summed E-state index contributed by atoms with van der Waals surface area (Å²) in [5.41, 5.74) is 2.67. The summed E-state index contributed by atoms with van der Waals surface area (Å²) in [7, 11) is 0. The Balaban J connectivity index is 1.62. The number of carbonyl (C=O) groups excluding carboxylic acids is 1. The fraction of sp³-hybridized carbons (Fsp3) is 0.414. The minimum atomic E-state index is -1.01. The van der Waals surface area contributed by atoms with Gasteiger partial charge in [-0.15, -0.1) is 0 Å². The molecule has 1 atom stereocenters. The van der Waals surface area contributed by atoms with E-state index in [1.165, 1.54) is 11.0 Å². The third-order valence-corrected chi connectivity index (χ3v) is 6.11. The number of oxazole rings is 1. The zero-order valence-corrected chi connectivity index (χ0v) is 21.6. The van der Waals surface area contributed by atoms with Gasteiger partial charge in [-0.3, -0.25) is 4.79 Å². The molecular weight excluding hydrogens is 456 g/mol. The highest BCUT2D eigenvalue weighted by Crippen LogP contribution is 2.28. The number of aromatic nitrogens is 1. The molecule has 7 nitrogen and oxygen atoms in total. The molecule has 0 unspecified atom stereocenters. The van der Waals surface area contributed by atoms with Crippen LogP contribution in [0.3, 0.4) is 0 Å². The number of aliphatic carboxylic acids is 1. The van der Waals surface area contributed by atoms with Crippen LogP contribution in [-0.4, -0.2) is 39.5 Å². The summed E-state index contributed by atoms with van der Waals surface area (Å²) in [6.07, 6.45) is 13.6. The van der Waals surface area contributed by atoms with Crippen molar-refractivity contribution in [3.8, 4) is 5.75 Å². The summed E-state index contributed by atoms with van der Waals surface area (Å²) in [6.45, 7) is 8.81. The SMILES string of the molecule is CC=CC=CC(=O)N1Cc2cc(OCCc3nc(C=CCCC(C)C)oc3C)ccc2C[C@H]1C(=O)O. The van der Waals surface area contributed by atoms with Gasteiger partial charge in [-0.05, 0) is 61.9 Å². The van der Waals surface area contributed by atoms with E-state index in [9.17, 15) is 14.7 Å². The van der Waals surface area contributed by atoms with Crippen LogP contribution in [0, 0.1) is 12.8 Å². The van der Waals surface area contributed by atoms with E-state index < -0.39 is 12.0 Å². The lowest BCUT2D eigenvalue weighted by molar-refractivity contribution is -0.149. The summed E-state index contributed by atoms with van der Waals surface area (Å²) in [4.78, 5) is 30.4. The summed E-state index contributed by atoms with van der Waals surface area (Å²) >= 11 is 0. The number of carboxylic acids is 1. The molecule has 0 spiro atoms. The Bertz CT molecular complexity index is 1140. The number of benzene rings is 1. The van der Waals surface area contributed by atoms with Crippen LogP contribution >= 0.6 is 0 Å². The van der Waals surface area contributed by atoms with E-state index in [0.29, 0.717) is 30.6 Å². The fourth-order valence-corrected chi connectivity index (χ4v) is 4.08. The van der Waals surface area contributed by atoms with Gasteiger partial charge in [0.05, 0.1) is 12.3 Å². The first-order valence-electron chi connectivity index (χ1n) is 12.5. The van der Waals surface area contributed by atoms with E-state index in [1.807, 2.05) is 38.1 Å². The number of carboxylic acid groups (broad SMARTS) is 1. The zero-order valence-electron chi connectivity index (χ0n) is 21.6. The third kappa shape index (κ3) is 7.44. The van der Waals surface area contributed by atoms with Crippen molar-refractivity contribution in [1.29, 1.82) is 0 Å². The van der Waals surface area contributed by atoms with Crippen molar-refractivity contribution in [2.75, 3.05) is 6.61 Å². The monoisotopic (exact) mass is 492 g/mol. The predicted octanol–water partition coefficient (Wildman–Crippen LogP) is 5.52. The first kappa shape index (κ1) is 27.0. The van der Waals surface area contributed by atoms with E-state index >= 15 is 0 Å². The van der Waals surface area contributed by atoms with Gasteiger partial charge in [-0.25, -0.2) is 9.78 Å². The van der Waals surface area contributed by atoms with E-state index in [4.69, 9.17) is 9.15 Å². The Morgan fingerprint density at radius 3 is 2.81 bits per heavy atom. The zero-order chi connectivity index (χ0) is 26.1. The van der Waals surface area contributed by atoms with Crippen molar-refractivity contribution in [2.45, 2.75) is 66.0 Å². The Morgan fingerprint density at radius 1 is 1.28 bits per heavy atom. The molecule has 2 heterocycles. The number of allylic oxidation sites excluding steroid dienone is 4. The highest BCUT2D eigenvalue weighted by Gasteiger charge is 2.33. The quantitative estimate of drug-likeness (QED) is 0.328. The second kappa shape index (κ2) is 12.9. The number of hydrogen-bond donors (Lipinski definition) is 1. The summed E-state index contributed by atoms with van der Waals surface area (Å²) in [6, 6.07) is 4.73. The van der Waals surface area contributed by atoms with Crippen LogP contribution < -0.4 is 4.74 Å². The Kier molecular flexibility index (Phi) is 9.68. The summed E-state index contributed by atoms with van der Waals surface area (Å²) < 4.78 is 11.7. The summed E-state index contributed by atoms with van der Waals surface area (Å²) in [5, 5.41) is 9.67. The molecule has 1 aromatic carbocycles. The van der Waals surface area contributed by atoms with E-state index in [2.05, 4.69) is 24.9 Å². The molecule has 1 aromatic heterocycles. The molecule has 0 aliphatic carbocycles. The topological polar surface area (TPSA) is 92.9 Å². The number of carbonyl (C=O) groups is 2. The van der Waals surface area contributed by atoms with Crippen LogP contribution in [0.5, 0.6) is 5.75 Å². The fourth-order valence-electron chi connectivity index (χ4n) is 4.08. The smallest absolute Gasteiger partial charge is 0.326 e. The number of hydrogen-bond acceptors (Lipinski definition) is 5. The molecule has 0 bridgehead atoms. The van der Waals surface area contributed by atoms with Crippen molar-refractivity contribution >= 4 is 18.0 Å². The molecule has 192 valence electrons. The van der Waals surface area contributed by atoms with Crippen molar-refractivity contribution in [2.24, 2.45) is 5.92 Å². The molecule has 0 saturated heterocycles. The first-order chi connectivity index (χ1) is 17.3. The molecule has 2 aromatic rings. The maximum Gasteiger partial charge on any atom is 0.326 e. The van der Waals surface area contributed by atoms with Crippen LogP contribution in [0.2, 0.25) is 0 Å². The maximum atomic E-state index is 12.6. The van der Waals surface area contributed by atoms with Crippen LogP contribution in [0.15, 0.2) is 53.0 Å². The lowest BCUT2D eigenvalue weighted by Crippen LogP contribution is -2.48. The molecule has 0 saturated carbocycles. The van der Waals surface area contributed by atoms with E-state index in [1.54, 1.807) is 18.2 Å². The van der Waals surface area contributed by atoms with Gasteiger partial charge >= 0.3 is 5.97 Å². The normalized spacial score (nSPS) is 15.9. The minimum Gasteiger partial charge on any atom is -0.493 e. The average molecular weight is 493 g/mol. The number of fused-ring (bicyclic) bond motifs is 1. The van der Waals surface area contributed by atoms with Gasteiger partial charge in [0.2, 0.25) is 11.8 Å². The number of amides is 1. The van der Waals surface area contributed by atoms with Crippen molar-refractivity contribution < 1.29 is 23.8 Å². The van der Waals surface area contributed by atoms with Gasteiger partial charge in [0.15, 0.2) is 0 Å². The maximum absolute atomic E-state index is 12.6. The molecule has 0 radical (unpaired) electrons. The molecule has 0 fully saturated rings. The molecular formula is C29H36N2O5. The number of rotatable bonds is 11. The van der Waals surface area contributed by atoms with Gasteiger partial charge < -0.3 is 19.2 Å². The number of aryl methyl sites for hydroxylation is 1. The van der Waals surface area contributed by atoms with E-state index in [-0.39, 0.29) is 18.9 Å². The highest BCUT2D eigenvalue weighted by molar-refractivity contribution is 5.92. The molecule has 1 aliphatic rings.